The van der Waals surface area contributed by atoms with Crippen molar-refractivity contribution in [1.82, 2.24) is 0 Å². The molecule has 2 aliphatic carbocycles. The van der Waals surface area contributed by atoms with Gasteiger partial charge in [0.15, 0.2) is 0 Å². The van der Waals surface area contributed by atoms with Gasteiger partial charge in [0, 0.05) is 26.4 Å². The first-order chi connectivity index (χ1) is 17.7. The average Bonchev–Trinajstić information content (AvgIpc) is 3.57. The van der Waals surface area contributed by atoms with Crippen molar-refractivity contribution in [2.24, 2.45) is 11.8 Å². The third kappa shape index (κ3) is 9.30. The summed E-state index contributed by atoms with van der Waals surface area (Å²) in [7, 11) is 0. The van der Waals surface area contributed by atoms with Crippen molar-refractivity contribution >= 4 is 0 Å². The van der Waals surface area contributed by atoms with Gasteiger partial charge in [-0.15, -0.1) is 0 Å². The maximum atomic E-state index is 9.42. The van der Waals surface area contributed by atoms with Crippen LogP contribution in [-0.2, 0) is 38.5 Å². The van der Waals surface area contributed by atoms with Gasteiger partial charge in [0.2, 0.25) is 0 Å². The predicted octanol–water partition coefficient (Wildman–Crippen LogP) is 4.98. The van der Waals surface area contributed by atoms with Gasteiger partial charge in [-0.05, 0) is 122 Å². The summed E-state index contributed by atoms with van der Waals surface area (Å²) in [6.45, 7) is 1.03. The zero-order chi connectivity index (χ0) is 25.6. The van der Waals surface area contributed by atoms with Gasteiger partial charge in [0.25, 0.3) is 0 Å². The van der Waals surface area contributed by atoms with E-state index in [-0.39, 0.29) is 26.4 Å². The van der Waals surface area contributed by atoms with E-state index in [2.05, 4.69) is 36.4 Å². The molecule has 0 spiro atoms. The Hall–Kier alpha value is -1.72. The molecular weight excluding hydrogens is 448 g/mol. The van der Waals surface area contributed by atoms with Crippen LogP contribution < -0.4 is 0 Å². The smallest absolute Gasteiger partial charge is 0.0462 e. The van der Waals surface area contributed by atoms with Crippen LogP contribution in [0.3, 0.4) is 0 Å². The molecule has 2 aromatic carbocycles. The average molecular weight is 497 g/mol. The predicted molar refractivity (Wildman–Crippen MR) is 147 cm³/mol. The largest absolute Gasteiger partial charge is 0.396 e. The van der Waals surface area contributed by atoms with Crippen molar-refractivity contribution in [2.75, 3.05) is 26.4 Å². The minimum absolute atomic E-state index is 0.252. The number of aliphatic hydroxyl groups is 4. The summed E-state index contributed by atoms with van der Waals surface area (Å²) in [6, 6.07) is 13.6. The molecule has 36 heavy (non-hydrogen) atoms. The third-order valence-corrected chi connectivity index (χ3v) is 7.93. The number of unbranched alkanes of at least 4 members (excludes halogenated alkanes) is 2. The normalized spacial score (nSPS) is 15.7. The second-order valence-electron chi connectivity index (χ2n) is 10.9. The molecule has 4 heteroatoms. The molecule has 0 fully saturated rings. The standard InChI is InChI=1S/2C16H24O2/c2*17-9-2-1-4-14(12-18)10-13-7-8-15-5-3-6-16(15)11-13/h2*7-8,11,14,17-18H,1-6,9-10,12H2/t2*14-/m10/s1. The van der Waals surface area contributed by atoms with Gasteiger partial charge in [-0.3, -0.25) is 0 Å². The fourth-order valence-electron chi connectivity index (χ4n) is 5.78. The van der Waals surface area contributed by atoms with Crippen LogP contribution in [0.1, 0.15) is 84.7 Å². The Labute approximate surface area is 218 Å². The summed E-state index contributed by atoms with van der Waals surface area (Å²) in [6.07, 6.45) is 15.1. The molecule has 0 saturated carbocycles. The molecule has 0 radical (unpaired) electrons. The first kappa shape index (κ1) is 28.8. The first-order valence-electron chi connectivity index (χ1n) is 14.3. The molecule has 0 amide bonds. The van der Waals surface area contributed by atoms with Crippen LogP contribution >= 0.6 is 0 Å². The second-order valence-corrected chi connectivity index (χ2v) is 10.9. The third-order valence-electron chi connectivity index (χ3n) is 7.93. The molecule has 0 bridgehead atoms. The van der Waals surface area contributed by atoms with E-state index in [1.165, 1.54) is 71.9 Å². The lowest BCUT2D eigenvalue weighted by Crippen LogP contribution is -2.10. The molecule has 0 unspecified atom stereocenters. The Morgan fingerprint density at radius 1 is 0.528 bits per heavy atom. The topological polar surface area (TPSA) is 80.9 Å². The number of hydrogen-bond donors (Lipinski definition) is 4. The van der Waals surface area contributed by atoms with E-state index < -0.39 is 0 Å². The molecule has 0 aliphatic heterocycles. The Morgan fingerprint density at radius 3 is 1.33 bits per heavy atom. The van der Waals surface area contributed by atoms with Crippen LogP contribution in [0.4, 0.5) is 0 Å². The van der Waals surface area contributed by atoms with Gasteiger partial charge in [0.05, 0.1) is 0 Å². The minimum Gasteiger partial charge on any atom is -0.396 e. The molecule has 0 heterocycles. The summed E-state index contributed by atoms with van der Waals surface area (Å²) in [5.41, 5.74) is 8.77. The fourth-order valence-corrected chi connectivity index (χ4v) is 5.78. The number of benzene rings is 2. The van der Waals surface area contributed by atoms with Gasteiger partial charge < -0.3 is 20.4 Å². The Balaban J connectivity index is 0.000000201. The van der Waals surface area contributed by atoms with Crippen LogP contribution in [0.15, 0.2) is 36.4 Å². The minimum atomic E-state index is 0.252. The highest BCUT2D eigenvalue weighted by Gasteiger charge is 2.15. The molecule has 2 aliphatic rings. The van der Waals surface area contributed by atoms with E-state index >= 15 is 0 Å². The van der Waals surface area contributed by atoms with Crippen molar-refractivity contribution in [3.63, 3.8) is 0 Å². The Bertz CT molecular complexity index is 820. The van der Waals surface area contributed by atoms with Crippen molar-refractivity contribution in [3.05, 3.63) is 69.8 Å². The van der Waals surface area contributed by atoms with Gasteiger partial charge in [-0.2, -0.15) is 0 Å². The number of aryl methyl sites for hydroxylation is 4. The zero-order valence-electron chi connectivity index (χ0n) is 22.1. The van der Waals surface area contributed by atoms with Crippen LogP contribution in [0, 0.1) is 11.8 Å². The van der Waals surface area contributed by atoms with Gasteiger partial charge >= 0.3 is 0 Å². The summed E-state index contributed by atoms with van der Waals surface area (Å²) in [4.78, 5) is 0. The monoisotopic (exact) mass is 496 g/mol. The molecule has 4 rings (SSSR count). The second kappa shape index (κ2) is 16.2. The lowest BCUT2D eigenvalue weighted by atomic mass is 9.93. The summed E-state index contributed by atoms with van der Waals surface area (Å²) in [5, 5.41) is 36.4. The highest BCUT2D eigenvalue weighted by molar-refractivity contribution is 5.36. The Morgan fingerprint density at radius 2 is 0.944 bits per heavy atom. The van der Waals surface area contributed by atoms with Crippen LogP contribution in [0.25, 0.3) is 0 Å². The molecule has 200 valence electrons. The quantitative estimate of drug-likeness (QED) is 0.278. The maximum Gasteiger partial charge on any atom is 0.0462 e. The van der Waals surface area contributed by atoms with Gasteiger partial charge in [-0.25, -0.2) is 0 Å². The van der Waals surface area contributed by atoms with E-state index in [1.54, 1.807) is 0 Å². The summed E-state index contributed by atoms with van der Waals surface area (Å²) in [5.74, 6) is 0.687. The highest BCUT2D eigenvalue weighted by Crippen LogP contribution is 2.26. The van der Waals surface area contributed by atoms with Crippen molar-refractivity contribution in [3.8, 4) is 0 Å². The van der Waals surface area contributed by atoms with Gasteiger partial charge in [0.1, 0.15) is 0 Å². The van der Waals surface area contributed by atoms with E-state index in [0.717, 1.165) is 51.4 Å². The molecule has 2 atom stereocenters. The van der Waals surface area contributed by atoms with E-state index in [9.17, 15) is 10.2 Å². The number of aliphatic hydroxyl groups excluding tert-OH is 4. The highest BCUT2D eigenvalue weighted by atomic mass is 16.3. The lowest BCUT2D eigenvalue weighted by Gasteiger charge is -2.14. The van der Waals surface area contributed by atoms with Crippen LogP contribution in [0.5, 0.6) is 0 Å². The van der Waals surface area contributed by atoms with Crippen molar-refractivity contribution < 1.29 is 20.4 Å². The summed E-state index contributed by atoms with van der Waals surface area (Å²) < 4.78 is 0. The maximum absolute atomic E-state index is 9.42. The first-order valence-corrected chi connectivity index (χ1v) is 14.3. The molecule has 0 saturated heterocycles. The SMILES string of the molecule is OCCCC[C@@H](CO)Cc1ccc2c(c1)CCC2.OCCCC[C@H](CO)Cc1ccc2c(c1)CCC2. The van der Waals surface area contributed by atoms with Crippen molar-refractivity contribution in [2.45, 2.75) is 89.9 Å². The lowest BCUT2D eigenvalue weighted by molar-refractivity contribution is 0.209. The summed E-state index contributed by atoms with van der Waals surface area (Å²) >= 11 is 0. The zero-order valence-corrected chi connectivity index (χ0v) is 22.1. The number of fused-ring (bicyclic) bond motifs is 2. The van der Waals surface area contributed by atoms with E-state index in [4.69, 9.17) is 10.2 Å². The Kier molecular flexibility index (Phi) is 13.0. The van der Waals surface area contributed by atoms with Crippen molar-refractivity contribution in [1.29, 1.82) is 0 Å². The van der Waals surface area contributed by atoms with Crippen LogP contribution in [0.2, 0.25) is 0 Å². The number of hydrogen-bond acceptors (Lipinski definition) is 4. The molecule has 2 aromatic rings. The molecule has 0 aromatic heterocycles. The fraction of sp³-hybridized carbons (Fsp3) is 0.625. The molecule has 4 nitrogen and oxygen atoms in total. The van der Waals surface area contributed by atoms with Crippen LogP contribution in [-0.4, -0.2) is 46.9 Å². The molecular formula is C32H48O4. The van der Waals surface area contributed by atoms with E-state index in [0.29, 0.717) is 11.8 Å². The van der Waals surface area contributed by atoms with E-state index in [1.807, 2.05) is 0 Å². The molecule has 4 N–H and O–H groups in total. The van der Waals surface area contributed by atoms with Gasteiger partial charge in [-0.1, -0.05) is 49.2 Å². The number of rotatable bonds is 14.